The summed E-state index contributed by atoms with van der Waals surface area (Å²) in [6, 6.07) is 17.7. The number of likely N-dealkylation sites (tertiary alicyclic amines) is 1. The van der Waals surface area contributed by atoms with Gasteiger partial charge in [0, 0.05) is 18.7 Å². The van der Waals surface area contributed by atoms with Crippen molar-refractivity contribution in [2.24, 2.45) is 0 Å². The van der Waals surface area contributed by atoms with E-state index in [0.29, 0.717) is 25.4 Å². The minimum Gasteiger partial charge on any atom is -0.467 e. The van der Waals surface area contributed by atoms with Crippen LogP contribution in [-0.4, -0.2) is 45.3 Å². The quantitative estimate of drug-likeness (QED) is 0.656. The van der Waals surface area contributed by atoms with Crippen molar-refractivity contribution < 1.29 is 14.0 Å². The van der Waals surface area contributed by atoms with E-state index in [2.05, 4.69) is 6.07 Å². The lowest BCUT2D eigenvalue weighted by Gasteiger charge is -2.43. The molecule has 1 spiro atoms. The second-order valence-electron chi connectivity index (χ2n) is 7.65. The molecule has 3 aromatic rings. The number of hydrogen-bond donors (Lipinski definition) is 0. The van der Waals surface area contributed by atoms with Gasteiger partial charge in [-0.2, -0.15) is 0 Å². The van der Waals surface area contributed by atoms with Crippen LogP contribution in [0.4, 0.5) is 0 Å². The van der Waals surface area contributed by atoms with E-state index in [9.17, 15) is 9.59 Å². The van der Waals surface area contributed by atoms with Gasteiger partial charge in [-0.1, -0.05) is 30.3 Å². The van der Waals surface area contributed by atoms with Crippen LogP contribution in [0.25, 0.3) is 10.8 Å². The number of carbonyl (C=O) groups excluding carboxylic acids is 2. The van der Waals surface area contributed by atoms with Gasteiger partial charge in [-0.25, -0.2) is 0 Å². The summed E-state index contributed by atoms with van der Waals surface area (Å²) < 4.78 is 5.46. The highest BCUT2D eigenvalue weighted by Gasteiger charge is 2.48. The molecular formula is C23H22N2O3S. The summed E-state index contributed by atoms with van der Waals surface area (Å²) in [6.07, 6.45) is 3.20. The largest absolute Gasteiger partial charge is 0.467 e. The normalized spacial score (nSPS) is 18.7. The van der Waals surface area contributed by atoms with E-state index in [1.807, 2.05) is 58.3 Å². The summed E-state index contributed by atoms with van der Waals surface area (Å²) in [6.45, 7) is 1.80. The number of piperidine rings is 1. The Labute approximate surface area is 173 Å². The Hall–Kier alpha value is -2.73. The summed E-state index contributed by atoms with van der Waals surface area (Å²) >= 11 is 1.71. The van der Waals surface area contributed by atoms with Crippen molar-refractivity contribution in [1.82, 2.24) is 9.80 Å². The van der Waals surface area contributed by atoms with Gasteiger partial charge < -0.3 is 14.2 Å². The van der Waals surface area contributed by atoms with E-state index in [1.54, 1.807) is 18.0 Å². The average Bonchev–Trinajstić information content (AvgIpc) is 3.38. The van der Waals surface area contributed by atoms with Crippen molar-refractivity contribution in [2.45, 2.75) is 24.3 Å². The van der Waals surface area contributed by atoms with E-state index in [4.69, 9.17) is 4.42 Å². The van der Waals surface area contributed by atoms with Gasteiger partial charge in [-0.05, 0) is 47.9 Å². The lowest BCUT2D eigenvalue weighted by molar-refractivity contribution is -0.132. The van der Waals surface area contributed by atoms with E-state index < -0.39 is 0 Å². The number of benzene rings is 2. The summed E-state index contributed by atoms with van der Waals surface area (Å²) in [5, 5.41) is 2.21. The fourth-order valence-corrected chi connectivity index (χ4v) is 5.69. The summed E-state index contributed by atoms with van der Waals surface area (Å²) in [4.78, 5) is 29.2. The average molecular weight is 407 g/mol. The van der Waals surface area contributed by atoms with Gasteiger partial charge in [0.1, 0.15) is 5.76 Å². The maximum Gasteiger partial charge on any atom is 0.253 e. The molecule has 5 rings (SSSR count). The first-order chi connectivity index (χ1) is 14.1. The van der Waals surface area contributed by atoms with Crippen LogP contribution in [0.3, 0.4) is 0 Å². The topological polar surface area (TPSA) is 53.8 Å². The number of furan rings is 1. The number of rotatable bonds is 3. The van der Waals surface area contributed by atoms with E-state index in [0.717, 1.165) is 34.9 Å². The van der Waals surface area contributed by atoms with Gasteiger partial charge in [0.15, 0.2) is 0 Å². The van der Waals surface area contributed by atoms with Gasteiger partial charge in [-0.15, -0.1) is 11.8 Å². The highest BCUT2D eigenvalue weighted by molar-refractivity contribution is 8.01. The van der Waals surface area contributed by atoms with Crippen molar-refractivity contribution in [3.8, 4) is 0 Å². The monoisotopic (exact) mass is 406 g/mol. The molecule has 2 aliphatic rings. The van der Waals surface area contributed by atoms with Gasteiger partial charge in [-0.3, -0.25) is 9.59 Å². The Bertz CT molecular complexity index is 1050. The van der Waals surface area contributed by atoms with Crippen LogP contribution in [0.1, 0.15) is 29.0 Å². The lowest BCUT2D eigenvalue weighted by Crippen LogP contribution is -2.52. The van der Waals surface area contributed by atoms with E-state index >= 15 is 0 Å². The first kappa shape index (κ1) is 18.3. The highest BCUT2D eigenvalue weighted by Crippen LogP contribution is 2.45. The molecule has 0 unspecified atom stereocenters. The molecular weight excluding hydrogens is 384 g/mol. The smallest absolute Gasteiger partial charge is 0.253 e. The molecule has 0 bridgehead atoms. The molecule has 2 saturated heterocycles. The van der Waals surface area contributed by atoms with Crippen LogP contribution in [0.2, 0.25) is 0 Å². The molecule has 0 aliphatic carbocycles. The molecule has 5 nitrogen and oxygen atoms in total. The van der Waals surface area contributed by atoms with Crippen LogP contribution in [0, 0.1) is 0 Å². The number of amides is 2. The standard InChI is InChI=1S/C23H22N2O3S/c26-21-16-29-23(25(21)15-20-6-3-13-28-20)9-11-24(12-10-23)22(27)19-8-7-17-4-1-2-5-18(17)14-19/h1-8,13-14H,9-12,15-16H2. The number of nitrogens with zero attached hydrogens (tertiary/aromatic N) is 2. The molecule has 0 radical (unpaired) electrons. The minimum absolute atomic E-state index is 0.0671. The van der Waals surface area contributed by atoms with E-state index in [1.165, 1.54) is 0 Å². The Morgan fingerprint density at radius 3 is 2.59 bits per heavy atom. The molecule has 6 heteroatoms. The first-order valence-corrected chi connectivity index (χ1v) is 10.9. The molecule has 2 amide bonds. The van der Waals surface area contributed by atoms with Crippen LogP contribution < -0.4 is 0 Å². The molecule has 0 saturated carbocycles. The van der Waals surface area contributed by atoms with Crippen LogP contribution in [0.15, 0.2) is 65.3 Å². The zero-order chi connectivity index (χ0) is 19.8. The molecule has 0 atom stereocenters. The minimum atomic E-state index is -0.232. The van der Waals surface area contributed by atoms with Crippen molar-refractivity contribution >= 4 is 34.3 Å². The molecule has 0 N–H and O–H groups in total. The number of carbonyl (C=O) groups is 2. The fourth-order valence-electron chi connectivity index (χ4n) is 4.35. The highest BCUT2D eigenvalue weighted by atomic mass is 32.2. The van der Waals surface area contributed by atoms with Crippen molar-refractivity contribution in [1.29, 1.82) is 0 Å². The molecule has 1 aromatic heterocycles. The van der Waals surface area contributed by atoms with Crippen molar-refractivity contribution in [3.63, 3.8) is 0 Å². The second-order valence-corrected chi connectivity index (χ2v) is 8.99. The SMILES string of the molecule is O=C(c1ccc2ccccc2c1)N1CCC2(CC1)SCC(=O)N2Cc1ccco1. The number of hydrogen-bond acceptors (Lipinski definition) is 4. The predicted molar refractivity (Wildman–Crippen MR) is 114 cm³/mol. The van der Waals surface area contributed by atoms with Crippen LogP contribution in [0.5, 0.6) is 0 Å². The zero-order valence-corrected chi connectivity index (χ0v) is 16.9. The van der Waals surface area contributed by atoms with Gasteiger partial charge in [0.05, 0.1) is 23.4 Å². The van der Waals surface area contributed by atoms with Crippen molar-refractivity contribution in [3.05, 3.63) is 72.2 Å². The molecule has 29 heavy (non-hydrogen) atoms. The van der Waals surface area contributed by atoms with E-state index in [-0.39, 0.29) is 16.7 Å². The summed E-state index contributed by atoms with van der Waals surface area (Å²) in [5.41, 5.74) is 0.724. The Kier molecular flexibility index (Phi) is 4.59. The number of thioether (sulfide) groups is 1. The first-order valence-electron chi connectivity index (χ1n) is 9.90. The number of fused-ring (bicyclic) bond motifs is 1. The second kappa shape index (κ2) is 7.26. The zero-order valence-electron chi connectivity index (χ0n) is 16.0. The molecule has 2 fully saturated rings. The third-order valence-corrected chi connectivity index (χ3v) is 7.54. The van der Waals surface area contributed by atoms with Crippen molar-refractivity contribution in [2.75, 3.05) is 18.8 Å². The summed E-state index contributed by atoms with van der Waals surface area (Å²) in [5.74, 6) is 1.52. The lowest BCUT2D eigenvalue weighted by atomic mass is 10.00. The third-order valence-electron chi connectivity index (χ3n) is 5.98. The van der Waals surface area contributed by atoms with Gasteiger partial charge in [0.2, 0.25) is 5.91 Å². The van der Waals surface area contributed by atoms with Gasteiger partial charge >= 0.3 is 0 Å². The molecule has 148 valence electrons. The fraction of sp³-hybridized carbons (Fsp3) is 0.304. The third kappa shape index (κ3) is 3.31. The maximum atomic E-state index is 13.1. The van der Waals surface area contributed by atoms with Crippen LogP contribution in [-0.2, 0) is 11.3 Å². The molecule has 2 aromatic carbocycles. The van der Waals surface area contributed by atoms with Gasteiger partial charge in [0.25, 0.3) is 5.91 Å². The Morgan fingerprint density at radius 1 is 1.03 bits per heavy atom. The Balaban J connectivity index is 1.31. The molecule has 3 heterocycles. The van der Waals surface area contributed by atoms with Crippen LogP contribution >= 0.6 is 11.8 Å². The summed E-state index contributed by atoms with van der Waals surface area (Å²) in [7, 11) is 0. The Morgan fingerprint density at radius 2 is 1.83 bits per heavy atom. The maximum absolute atomic E-state index is 13.1. The predicted octanol–water partition coefficient (Wildman–Crippen LogP) is 4.14. The molecule has 2 aliphatic heterocycles.